The van der Waals surface area contributed by atoms with Crippen molar-refractivity contribution in [1.29, 1.82) is 0 Å². The first kappa shape index (κ1) is 18.6. The molecular formula is C14H21BrN2O3. The molecule has 0 aliphatic heterocycles. The highest BCUT2D eigenvalue weighted by atomic mass is 79.9. The number of aryl methyl sites for hydroxylation is 1. The van der Waals surface area contributed by atoms with Gasteiger partial charge in [0.05, 0.1) is 6.42 Å². The monoisotopic (exact) mass is 344 g/mol. The summed E-state index contributed by atoms with van der Waals surface area (Å²) in [6.45, 7) is 2.54. The van der Waals surface area contributed by atoms with Gasteiger partial charge < -0.3 is 27.4 Å². The largest absolute Gasteiger partial charge is 1.00 e. The maximum Gasteiger partial charge on any atom is 0.326 e. The second-order valence-electron chi connectivity index (χ2n) is 4.46. The molecule has 2 N–H and O–H groups in total. The van der Waals surface area contributed by atoms with Crippen LogP contribution < -0.4 is 26.9 Å². The Morgan fingerprint density at radius 1 is 1.25 bits per heavy atom. The van der Waals surface area contributed by atoms with Crippen LogP contribution in [-0.4, -0.2) is 23.0 Å². The van der Waals surface area contributed by atoms with Crippen molar-refractivity contribution in [2.75, 3.05) is 0 Å². The summed E-state index contributed by atoms with van der Waals surface area (Å²) < 4.78 is 1.89. The van der Waals surface area contributed by atoms with E-state index in [2.05, 4.69) is 5.32 Å². The van der Waals surface area contributed by atoms with E-state index in [1.807, 2.05) is 42.1 Å². The Hall–Kier alpha value is -1.43. The average molecular weight is 345 g/mol. The van der Waals surface area contributed by atoms with Crippen LogP contribution in [0.4, 0.5) is 0 Å². The van der Waals surface area contributed by atoms with Gasteiger partial charge in [-0.1, -0.05) is 25.8 Å². The first-order valence-corrected chi connectivity index (χ1v) is 6.59. The van der Waals surface area contributed by atoms with Gasteiger partial charge in [-0.3, -0.25) is 4.79 Å². The molecular weight excluding hydrogens is 324 g/mol. The van der Waals surface area contributed by atoms with Crippen molar-refractivity contribution >= 4 is 11.9 Å². The lowest BCUT2D eigenvalue weighted by molar-refractivity contribution is -0.695. The lowest BCUT2D eigenvalue weighted by Gasteiger charge is -2.13. The minimum atomic E-state index is -0.964. The number of carbonyl (C=O) groups is 2. The fourth-order valence-electron chi connectivity index (χ4n) is 1.75. The summed E-state index contributed by atoms with van der Waals surface area (Å²) >= 11 is 0. The summed E-state index contributed by atoms with van der Waals surface area (Å²) in [5.41, 5.74) is 0. The van der Waals surface area contributed by atoms with Crippen LogP contribution in [0.15, 0.2) is 30.6 Å². The number of amides is 1. The highest BCUT2D eigenvalue weighted by molar-refractivity contribution is 5.83. The van der Waals surface area contributed by atoms with Gasteiger partial charge in [0.25, 0.3) is 0 Å². The molecule has 1 amide bonds. The van der Waals surface area contributed by atoms with Gasteiger partial charge in [-0.25, -0.2) is 9.36 Å². The van der Waals surface area contributed by atoms with E-state index in [4.69, 9.17) is 5.11 Å². The topological polar surface area (TPSA) is 70.3 Å². The molecule has 0 saturated carbocycles. The molecule has 1 aromatic rings. The van der Waals surface area contributed by atoms with Crippen LogP contribution in [0.5, 0.6) is 0 Å². The molecule has 1 aromatic heterocycles. The van der Waals surface area contributed by atoms with E-state index in [0.29, 0.717) is 13.0 Å². The van der Waals surface area contributed by atoms with E-state index in [1.165, 1.54) is 0 Å². The molecule has 1 unspecified atom stereocenters. The van der Waals surface area contributed by atoms with Crippen LogP contribution >= 0.6 is 0 Å². The Bertz CT molecular complexity index is 412. The van der Waals surface area contributed by atoms with Crippen molar-refractivity contribution in [2.45, 2.75) is 45.2 Å². The molecule has 20 heavy (non-hydrogen) atoms. The minimum Gasteiger partial charge on any atom is -1.00 e. The molecule has 0 saturated heterocycles. The molecule has 0 bridgehead atoms. The zero-order chi connectivity index (χ0) is 14.1. The lowest BCUT2D eigenvalue weighted by atomic mass is 10.1. The maximum atomic E-state index is 11.7. The van der Waals surface area contributed by atoms with Crippen LogP contribution in [0.25, 0.3) is 0 Å². The average Bonchev–Trinajstić information content (AvgIpc) is 2.42. The fraction of sp³-hybridized carbons (Fsp3) is 0.500. The molecule has 1 atom stereocenters. The number of hydrogen-bond donors (Lipinski definition) is 2. The first-order valence-electron chi connectivity index (χ1n) is 6.59. The van der Waals surface area contributed by atoms with Gasteiger partial charge in [0.2, 0.25) is 5.91 Å². The number of nitrogens with one attached hydrogen (secondary N) is 1. The quantitative estimate of drug-likeness (QED) is 0.543. The van der Waals surface area contributed by atoms with Gasteiger partial charge >= 0.3 is 5.97 Å². The number of carboxylic acid groups (broad SMARTS) is 1. The van der Waals surface area contributed by atoms with Crippen molar-refractivity contribution in [3.8, 4) is 0 Å². The molecule has 0 aromatic carbocycles. The van der Waals surface area contributed by atoms with Crippen molar-refractivity contribution in [2.24, 2.45) is 0 Å². The van der Waals surface area contributed by atoms with Crippen LogP contribution in [-0.2, 0) is 16.1 Å². The molecule has 0 aliphatic rings. The SMILES string of the molecule is CCCCC(NC(=O)CC[n+]1ccccc1)C(=O)O.[Br-]. The number of hydrogen-bond acceptors (Lipinski definition) is 2. The second kappa shape index (κ2) is 10.4. The van der Waals surface area contributed by atoms with Gasteiger partial charge in [-0.2, -0.15) is 0 Å². The molecule has 6 heteroatoms. The van der Waals surface area contributed by atoms with Gasteiger partial charge in [0.1, 0.15) is 6.04 Å². The molecule has 1 rings (SSSR count). The number of pyridine rings is 1. The van der Waals surface area contributed by atoms with Gasteiger partial charge in [-0.15, -0.1) is 0 Å². The van der Waals surface area contributed by atoms with Crippen LogP contribution in [0, 0.1) is 0 Å². The standard InChI is InChI=1S/C14H20N2O3.BrH/c1-2-3-7-12(14(18)19)15-13(17)8-11-16-9-5-4-6-10-16;/h4-6,9-10,12H,2-3,7-8,11H2,1H3,(H-,15,17,18,19);1H. The zero-order valence-corrected chi connectivity index (χ0v) is 13.2. The van der Waals surface area contributed by atoms with E-state index in [1.54, 1.807) is 0 Å². The first-order chi connectivity index (χ1) is 9.13. The number of unbranched alkanes of at least 4 members (excludes halogenated alkanes) is 1. The fourth-order valence-corrected chi connectivity index (χ4v) is 1.75. The number of nitrogens with zero attached hydrogens (tertiary/aromatic N) is 1. The van der Waals surface area contributed by atoms with E-state index >= 15 is 0 Å². The Labute approximate surface area is 129 Å². The highest BCUT2D eigenvalue weighted by Crippen LogP contribution is 2.01. The Morgan fingerprint density at radius 2 is 1.90 bits per heavy atom. The number of carboxylic acids is 1. The molecule has 0 fully saturated rings. The Balaban J connectivity index is 0.00000361. The third kappa shape index (κ3) is 7.23. The molecule has 5 nitrogen and oxygen atoms in total. The number of halogens is 1. The third-order valence-electron chi connectivity index (χ3n) is 2.85. The predicted molar refractivity (Wildman–Crippen MR) is 70.3 cm³/mol. The minimum absolute atomic E-state index is 0. The summed E-state index contributed by atoms with van der Waals surface area (Å²) in [5, 5.41) is 11.6. The van der Waals surface area contributed by atoms with Crippen molar-refractivity contribution in [1.82, 2.24) is 5.32 Å². The number of rotatable bonds is 8. The Morgan fingerprint density at radius 3 is 2.45 bits per heavy atom. The molecule has 0 aliphatic carbocycles. The highest BCUT2D eigenvalue weighted by Gasteiger charge is 2.19. The normalized spacial score (nSPS) is 11.2. The molecule has 1 heterocycles. The van der Waals surface area contributed by atoms with Gasteiger partial charge in [0.15, 0.2) is 18.9 Å². The van der Waals surface area contributed by atoms with E-state index in [0.717, 1.165) is 12.8 Å². The van der Waals surface area contributed by atoms with E-state index < -0.39 is 12.0 Å². The van der Waals surface area contributed by atoms with Crippen molar-refractivity contribution in [3.05, 3.63) is 30.6 Å². The maximum absolute atomic E-state index is 11.7. The molecule has 0 radical (unpaired) electrons. The molecule has 112 valence electrons. The summed E-state index contributed by atoms with van der Waals surface area (Å²) in [7, 11) is 0. The van der Waals surface area contributed by atoms with Crippen LogP contribution in [0.3, 0.4) is 0 Å². The second-order valence-corrected chi connectivity index (χ2v) is 4.46. The number of aliphatic carboxylic acids is 1. The predicted octanol–water partition coefficient (Wildman–Crippen LogP) is -1.87. The summed E-state index contributed by atoms with van der Waals surface area (Å²) in [5.74, 6) is -1.19. The Kier molecular flexibility index (Phi) is 9.63. The van der Waals surface area contributed by atoms with Crippen LogP contribution in [0.1, 0.15) is 32.6 Å². The number of carbonyl (C=O) groups excluding carboxylic acids is 1. The summed E-state index contributed by atoms with van der Waals surface area (Å²) in [4.78, 5) is 22.7. The van der Waals surface area contributed by atoms with Crippen molar-refractivity contribution < 1.29 is 36.2 Å². The van der Waals surface area contributed by atoms with E-state index in [-0.39, 0.29) is 29.3 Å². The van der Waals surface area contributed by atoms with Crippen LogP contribution in [0.2, 0.25) is 0 Å². The van der Waals surface area contributed by atoms with Gasteiger partial charge in [-0.05, 0) is 6.42 Å². The molecule has 0 spiro atoms. The van der Waals surface area contributed by atoms with E-state index in [9.17, 15) is 9.59 Å². The third-order valence-corrected chi connectivity index (χ3v) is 2.85. The smallest absolute Gasteiger partial charge is 0.326 e. The van der Waals surface area contributed by atoms with Gasteiger partial charge in [0, 0.05) is 12.1 Å². The zero-order valence-electron chi connectivity index (χ0n) is 11.6. The number of aromatic nitrogens is 1. The summed E-state index contributed by atoms with van der Waals surface area (Å²) in [6.07, 6.45) is 6.23. The van der Waals surface area contributed by atoms with Crippen molar-refractivity contribution in [3.63, 3.8) is 0 Å². The summed E-state index contributed by atoms with van der Waals surface area (Å²) in [6, 6.07) is 4.91. The lowest BCUT2D eigenvalue weighted by Crippen LogP contribution is -3.00.